The van der Waals surface area contributed by atoms with Crippen molar-refractivity contribution in [3.05, 3.63) is 0 Å². The van der Waals surface area contributed by atoms with Gasteiger partial charge >= 0.3 is 5.97 Å². The highest BCUT2D eigenvalue weighted by atomic mass is 32.2. The van der Waals surface area contributed by atoms with E-state index in [-0.39, 0.29) is 12.5 Å². The zero-order valence-electron chi connectivity index (χ0n) is 9.73. The van der Waals surface area contributed by atoms with E-state index < -0.39 is 20.5 Å². The van der Waals surface area contributed by atoms with Gasteiger partial charge in [-0.1, -0.05) is 0 Å². The molecule has 0 amide bonds. The topological polar surface area (TPSA) is 86.5 Å². The number of sulfone groups is 1. The van der Waals surface area contributed by atoms with Crippen molar-refractivity contribution in [2.24, 2.45) is 11.1 Å². The first-order chi connectivity index (χ1) is 7.35. The summed E-state index contributed by atoms with van der Waals surface area (Å²) < 4.78 is 27.8. The van der Waals surface area contributed by atoms with Crippen molar-refractivity contribution in [2.75, 3.05) is 19.4 Å². The third kappa shape index (κ3) is 2.55. The highest BCUT2D eigenvalue weighted by Crippen LogP contribution is 2.41. The molecule has 6 heteroatoms. The zero-order valence-corrected chi connectivity index (χ0v) is 10.5. The molecule has 0 radical (unpaired) electrons. The minimum absolute atomic E-state index is 0.151. The Morgan fingerprint density at radius 1 is 1.56 bits per heavy atom. The third-order valence-electron chi connectivity index (χ3n) is 3.27. The van der Waals surface area contributed by atoms with Crippen LogP contribution in [-0.2, 0) is 19.4 Å². The Morgan fingerprint density at radius 3 is 2.56 bits per heavy atom. The fourth-order valence-electron chi connectivity index (χ4n) is 2.18. The quantitative estimate of drug-likeness (QED) is 0.714. The van der Waals surface area contributed by atoms with E-state index in [0.717, 1.165) is 0 Å². The van der Waals surface area contributed by atoms with Crippen LogP contribution in [0.5, 0.6) is 0 Å². The Balaban J connectivity index is 2.83. The van der Waals surface area contributed by atoms with E-state index in [1.807, 2.05) is 0 Å². The summed E-state index contributed by atoms with van der Waals surface area (Å²) in [4.78, 5) is 11.8. The Morgan fingerprint density at radius 2 is 2.19 bits per heavy atom. The lowest BCUT2D eigenvalue weighted by Gasteiger charge is -2.24. The van der Waals surface area contributed by atoms with Gasteiger partial charge in [0.1, 0.15) is 9.84 Å². The number of hydrogen-bond acceptors (Lipinski definition) is 5. The van der Waals surface area contributed by atoms with Gasteiger partial charge in [0.2, 0.25) is 0 Å². The van der Waals surface area contributed by atoms with Gasteiger partial charge in [-0.05, 0) is 26.2 Å². The molecule has 0 spiro atoms. The maximum absolute atomic E-state index is 11.8. The predicted molar refractivity (Wildman–Crippen MR) is 60.6 cm³/mol. The van der Waals surface area contributed by atoms with Gasteiger partial charge in [-0.2, -0.15) is 0 Å². The lowest BCUT2D eigenvalue weighted by Crippen LogP contribution is -2.38. The van der Waals surface area contributed by atoms with Crippen LogP contribution in [-0.4, -0.2) is 39.0 Å². The van der Waals surface area contributed by atoms with E-state index in [4.69, 9.17) is 10.5 Å². The number of rotatable bonds is 4. The van der Waals surface area contributed by atoms with Gasteiger partial charge in [-0.15, -0.1) is 0 Å². The molecule has 2 unspecified atom stereocenters. The summed E-state index contributed by atoms with van der Waals surface area (Å²) in [6.07, 6.45) is 2.49. The molecule has 1 rings (SSSR count). The highest BCUT2D eigenvalue weighted by Gasteiger charge is 2.48. The molecular formula is C10H19NO4S. The molecule has 1 aliphatic carbocycles. The van der Waals surface area contributed by atoms with E-state index in [1.165, 1.54) is 6.26 Å². The van der Waals surface area contributed by atoms with Crippen molar-refractivity contribution in [1.29, 1.82) is 0 Å². The van der Waals surface area contributed by atoms with Gasteiger partial charge < -0.3 is 10.5 Å². The Bertz CT molecular complexity index is 365. The molecule has 5 nitrogen and oxygen atoms in total. The fraction of sp³-hybridized carbons (Fsp3) is 0.900. The third-order valence-corrected chi connectivity index (χ3v) is 4.88. The molecular weight excluding hydrogens is 230 g/mol. The minimum atomic E-state index is -3.10. The highest BCUT2D eigenvalue weighted by molar-refractivity contribution is 7.91. The lowest BCUT2D eigenvalue weighted by molar-refractivity contribution is -0.154. The van der Waals surface area contributed by atoms with Crippen molar-refractivity contribution in [1.82, 2.24) is 0 Å². The molecule has 0 aliphatic heterocycles. The Kier molecular flexibility index (Phi) is 3.96. The smallest absolute Gasteiger partial charge is 0.313 e. The van der Waals surface area contributed by atoms with Crippen molar-refractivity contribution < 1.29 is 17.9 Å². The summed E-state index contributed by atoms with van der Waals surface area (Å²) in [5, 5.41) is -0.458. The number of carbonyl (C=O) groups excluding carboxylic acids is 1. The lowest BCUT2D eigenvalue weighted by atomic mass is 9.86. The van der Waals surface area contributed by atoms with Gasteiger partial charge in [0, 0.05) is 12.8 Å². The fourth-order valence-corrected chi connectivity index (χ4v) is 3.35. The Labute approximate surface area is 96.3 Å². The van der Waals surface area contributed by atoms with Crippen LogP contribution in [0.1, 0.15) is 26.2 Å². The van der Waals surface area contributed by atoms with Crippen molar-refractivity contribution in [2.45, 2.75) is 31.4 Å². The molecule has 0 aromatic rings. The molecule has 94 valence electrons. The van der Waals surface area contributed by atoms with E-state index >= 15 is 0 Å². The van der Waals surface area contributed by atoms with Crippen LogP contribution >= 0.6 is 0 Å². The van der Waals surface area contributed by atoms with Crippen molar-refractivity contribution in [3.63, 3.8) is 0 Å². The first-order valence-electron chi connectivity index (χ1n) is 5.42. The zero-order chi connectivity index (χ0) is 12.4. The number of nitrogens with two attached hydrogens (primary N) is 1. The second-order valence-corrected chi connectivity index (χ2v) is 6.72. The summed E-state index contributed by atoms with van der Waals surface area (Å²) in [7, 11) is -3.10. The van der Waals surface area contributed by atoms with Crippen molar-refractivity contribution in [3.8, 4) is 0 Å². The number of esters is 1. The van der Waals surface area contributed by atoms with Gasteiger partial charge in [-0.3, -0.25) is 4.79 Å². The van der Waals surface area contributed by atoms with Crippen LogP contribution < -0.4 is 5.73 Å². The predicted octanol–water partition coefficient (Wildman–Crippen LogP) is 0.0917. The standard InChI is InChI=1S/C10H19NO4S/c1-3-15-9(12)10(7-11)5-4-8(6-10)16(2,13)14/h8H,3-7,11H2,1-2H3. The SMILES string of the molecule is CCOC(=O)C1(CN)CCC(S(C)(=O)=O)C1. The summed E-state index contributed by atoms with van der Waals surface area (Å²) >= 11 is 0. The largest absolute Gasteiger partial charge is 0.466 e. The van der Waals surface area contributed by atoms with E-state index in [2.05, 4.69) is 0 Å². The number of ether oxygens (including phenoxy) is 1. The number of carbonyl (C=O) groups is 1. The summed E-state index contributed by atoms with van der Waals surface area (Å²) in [5.41, 5.74) is 4.82. The maximum atomic E-state index is 11.8. The second-order valence-electron chi connectivity index (χ2n) is 4.40. The molecule has 2 N–H and O–H groups in total. The van der Waals surface area contributed by atoms with Crippen LogP contribution in [0.3, 0.4) is 0 Å². The summed E-state index contributed by atoms with van der Waals surface area (Å²) in [5.74, 6) is -0.358. The molecule has 0 bridgehead atoms. The molecule has 0 saturated heterocycles. The molecule has 0 aromatic carbocycles. The Hall–Kier alpha value is -0.620. The van der Waals surface area contributed by atoms with Crippen LogP contribution in [0.15, 0.2) is 0 Å². The van der Waals surface area contributed by atoms with Crippen LogP contribution in [0.25, 0.3) is 0 Å². The second kappa shape index (κ2) is 4.71. The maximum Gasteiger partial charge on any atom is 0.313 e. The van der Waals surface area contributed by atoms with E-state index in [9.17, 15) is 13.2 Å². The van der Waals surface area contributed by atoms with Crippen LogP contribution in [0, 0.1) is 5.41 Å². The van der Waals surface area contributed by atoms with Gasteiger partial charge in [-0.25, -0.2) is 8.42 Å². The molecule has 1 saturated carbocycles. The molecule has 1 aliphatic rings. The van der Waals surface area contributed by atoms with Gasteiger partial charge in [0.25, 0.3) is 0 Å². The average Bonchev–Trinajstić information content (AvgIpc) is 2.63. The van der Waals surface area contributed by atoms with Crippen molar-refractivity contribution >= 4 is 15.8 Å². The molecule has 0 heterocycles. The van der Waals surface area contributed by atoms with Gasteiger partial charge in [0.15, 0.2) is 0 Å². The molecule has 1 fully saturated rings. The first kappa shape index (κ1) is 13.4. The van der Waals surface area contributed by atoms with E-state index in [0.29, 0.717) is 25.9 Å². The molecule has 2 atom stereocenters. The summed E-state index contributed by atoms with van der Waals surface area (Å²) in [6.45, 7) is 2.17. The monoisotopic (exact) mass is 249 g/mol. The van der Waals surface area contributed by atoms with E-state index in [1.54, 1.807) is 6.92 Å². The normalized spacial score (nSPS) is 30.3. The van der Waals surface area contributed by atoms with Crippen LogP contribution in [0.4, 0.5) is 0 Å². The average molecular weight is 249 g/mol. The molecule has 16 heavy (non-hydrogen) atoms. The first-order valence-corrected chi connectivity index (χ1v) is 7.37. The van der Waals surface area contributed by atoms with Crippen LogP contribution in [0.2, 0.25) is 0 Å². The summed E-state index contributed by atoms with van der Waals surface area (Å²) in [6, 6.07) is 0. The molecule has 0 aromatic heterocycles. The van der Waals surface area contributed by atoms with Gasteiger partial charge in [0.05, 0.1) is 17.3 Å². The minimum Gasteiger partial charge on any atom is -0.466 e. The number of hydrogen-bond donors (Lipinski definition) is 1.